The van der Waals surface area contributed by atoms with Crippen LogP contribution in [0.1, 0.15) is 43.5 Å². The minimum absolute atomic E-state index is 0.0950. The van der Waals surface area contributed by atoms with E-state index in [4.69, 9.17) is 16.6 Å². The summed E-state index contributed by atoms with van der Waals surface area (Å²) in [6, 6.07) is 19.5. The molecule has 2 aromatic heterocycles. The van der Waals surface area contributed by atoms with Gasteiger partial charge in [0.25, 0.3) is 0 Å². The van der Waals surface area contributed by atoms with Crippen molar-refractivity contribution in [1.82, 2.24) is 20.3 Å². The number of carbonyl (C=O) groups is 1. The summed E-state index contributed by atoms with van der Waals surface area (Å²) in [5.74, 6) is -0.0950. The van der Waals surface area contributed by atoms with Crippen LogP contribution in [0.15, 0.2) is 85.2 Å². The van der Waals surface area contributed by atoms with E-state index in [0.29, 0.717) is 18.5 Å². The number of rotatable bonds is 8. The smallest absolute Gasteiger partial charge is 0.221 e. The highest BCUT2D eigenvalue weighted by atomic mass is 35.5. The average Bonchev–Trinajstić information content (AvgIpc) is 2.86. The fraction of sp³-hybridized carbons (Fsp3) is 0.185. The Labute approximate surface area is 198 Å². The van der Waals surface area contributed by atoms with Gasteiger partial charge < -0.3 is 5.32 Å². The first-order valence-electron chi connectivity index (χ1n) is 10.9. The number of pyridine rings is 1. The van der Waals surface area contributed by atoms with Crippen LogP contribution in [-0.4, -0.2) is 20.9 Å². The number of benzene rings is 2. The lowest BCUT2D eigenvalue weighted by molar-refractivity contribution is -0.121. The van der Waals surface area contributed by atoms with E-state index in [2.05, 4.69) is 21.9 Å². The number of carbonyl (C=O) groups excluding carboxylic acids is 1. The normalized spacial score (nSPS) is 11.8. The van der Waals surface area contributed by atoms with Crippen molar-refractivity contribution in [2.75, 3.05) is 0 Å². The molecule has 1 N–H and O–H groups in total. The number of hydrogen-bond donors (Lipinski definition) is 1. The van der Waals surface area contributed by atoms with E-state index in [1.807, 2.05) is 67.6 Å². The highest BCUT2D eigenvalue weighted by molar-refractivity contribution is 6.30. The van der Waals surface area contributed by atoms with E-state index in [9.17, 15) is 4.79 Å². The van der Waals surface area contributed by atoms with Gasteiger partial charge in [-0.3, -0.25) is 9.78 Å². The summed E-state index contributed by atoms with van der Waals surface area (Å²) >= 11 is 6.37. The predicted octanol–water partition coefficient (Wildman–Crippen LogP) is 6.30. The third-order valence-electron chi connectivity index (χ3n) is 5.58. The zero-order valence-corrected chi connectivity index (χ0v) is 19.2. The first-order chi connectivity index (χ1) is 16.0. The first-order valence-corrected chi connectivity index (χ1v) is 11.3. The molecule has 0 spiro atoms. The van der Waals surface area contributed by atoms with E-state index in [0.717, 1.165) is 39.7 Å². The van der Waals surface area contributed by atoms with Crippen molar-refractivity contribution in [2.24, 2.45) is 0 Å². The minimum Gasteiger partial charge on any atom is -0.343 e. The molecule has 33 heavy (non-hydrogen) atoms. The molecular formula is C27H25ClN4O. The van der Waals surface area contributed by atoms with E-state index >= 15 is 0 Å². The molecule has 0 aliphatic heterocycles. The summed E-state index contributed by atoms with van der Waals surface area (Å²) < 4.78 is 0. The molecule has 0 fully saturated rings. The van der Waals surface area contributed by atoms with Crippen molar-refractivity contribution in [3.63, 3.8) is 0 Å². The Bertz CT molecular complexity index is 1290. The van der Waals surface area contributed by atoms with Crippen molar-refractivity contribution < 1.29 is 4.79 Å². The van der Waals surface area contributed by atoms with Gasteiger partial charge in [-0.1, -0.05) is 79.2 Å². The Kier molecular flexibility index (Phi) is 7.10. The van der Waals surface area contributed by atoms with Gasteiger partial charge in [0.05, 0.1) is 17.3 Å². The molecule has 1 amide bonds. The predicted molar refractivity (Wildman–Crippen MR) is 133 cm³/mol. The maximum Gasteiger partial charge on any atom is 0.221 e. The molecule has 166 valence electrons. The number of halogens is 1. The standard InChI is InChI=1S/C27H25ClN4O/c1-3-18(2)9-14-24(33)32-25(26-27(28)30-16-15-29-26)21-11-10-20-12-13-22(31-23(20)17-21)19-7-5-4-6-8-19/h4-8,10-13,15-17,25H,2-3,9,14H2,1H3,(H,32,33). The van der Waals surface area contributed by atoms with E-state index in [1.165, 1.54) is 6.20 Å². The van der Waals surface area contributed by atoms with Gasteiger partial charge in [-0.25, -0.2) is 9.97 Å². The molecule has 2 aromatic carbocycles. The molecule has 1 unspecified atom stereocenters. The molecule has 0 aliphatic rings. The molecule has 0 bridgehead atoms. The average molecular weight is 457 g/mol. The van der Waals surface area contributed by atoms with Crippen molar-refractivity contribution in [2.45, 2.75) is 32.2 Å². The monoisotopic (exact) mass is 456 g/mol. The maximum atomic E-state index is 12.8. The second-order valence-electron chi connectivity index (χ2n) is 7.85. The third kappa shape index (κ3) is 5.44. The van der Waals surface area contributed by atoms with Crippen LogP contribution in [0.5, 0.6) is 0 Å². The van der Waals surface area contributed by atoms with Gasteiger partial charge in [0.15, 0.2) is 5.15 Å². The van der Waals surface area contributed by atoms with E-state index < -0.39 is 6.04 Å². The van der Waals surface area contributed by atoms with Gasteiger partial charge >= 0.3 is 0 Å². The lowest BCUT2D eigenvalue weighted by Gasteiger charge is -2.20. The highest BCUT2D eigenvalue weighted by Crippen LogP contribution is 2.29. The summed E-state index contributed by atoms with van der Waals surface area (Å²) in [6.45, 7) is 6.03. The Morgan fingerprint density at radius 3 is 2.55 bits per heavy atom. The summed E-state index contributed by atoms with van der Waals surface area (Å²) in [7, 11) is 0. The molecule has 0 aliphatic carbocycles. The van der Waals surface area contributed by atoms with Gasteiger partial charge in [-0.15, -0.1) is 0 Å². The molecule has 1 atom stereocenters. The van der Waals surface area contributed by atoms with Crippen molar-refractivity contribution in [3.8, 4) is 11.3 Å². The molecular weight excluding hydrogens is 432 g/mol. The third-order valence-corrected chi connectivity index (χ3v) is 5.87. The first kappa shape index (κ1) is 22.6. The molecule has 0 saturated carbocycles. The molecule has 2 heterocycles. The number of nitrogens with zero attached hydrogens (tertiary/aromatic N) is 3. The summed E-state index contributed by atoms with van der Waals surface area (Å²) in [5.41, 5.74) is 5.14. The van der Waals surface area contributed by atoms with Crippen molar-refractivity contribution >= 4 is 28.4 Å². The molecule has 0 radical (unpaired) electrons. The fourth-order valence-electron chi connectivity index (χ4n) is 3.62. The van der Waals surface area contributed by atoms with Gasteiger partial charge in [0.2, 0.25) is 5.91 Å². The van der Waals surface area contributed by atoms with E-state index in [-0.39, 0.29) is 11.1 Å². The number of allylic oxidation sites excluding steroid dienone is 1. The van der Waals surface area contributed by atoms with Crippen LogP contribution in [0.2, 0.25) is 5.15 Å². The summed E-state index contributed by atoms with van der Waals surface area (Å²) in [5, 5.41) is 4.35. The SMILES string of the molecule is C=C(CC)CCC(=O)NC(c1ccc2ccc(-c3ccccc3)nc2c1)c1nccnc1Cl. The van der Waals surface area contributed by atoms with Gasteiger partial charge in [0.1, 0.15) is 5.69 Å². The van der Waals surface area contributed by atoms with Crippen LogP contribution >= 0.6 is 11.6 Å². The molecule has 5 nitrogen and oxygen atoms in total. The van der Waals surface area contributed by atoms with Crippen LogP contribution in [-0.2, 0) is 4.79 Å². The lowest BCUT2D eigenvalue weighted by Crippen LogP contribution is -2.30. The molecule has 4 rings (SSSR count). The lowest BCUT2D eigenvalue weighted by atomic mass is 10.0. The largest absolute Gasteiger partial charge is 0.343 e. The number of aromatic nitrogens is 3. The quantitative estimate of drug-likeness (QED) is 0.316. The number of hydrogen-bond acceptors (Lipinski definition) is 4. The van der Waals surface area contributed by atoms with Crippen LogP contribution in [0.25, 0.3) is 22.2 Å². The number of fused-ring (bicyclic) bond motifs is 1. The molecule has 6 heteroatoms. The Hall–Kier alpha value is -3.57. The minimum atomic E-state index is -0.542. The zero-order valence-electron chi connectivity index (χ0n) is 18.5. The topological polar surface area (TPSA) is 67.8 Å². The number of amides is 1. The Balaban J connectivity index is 1.71. The van der Waals surface area contributed by atoms with Gasteiger partial charge in [0, 0.05) is 29.8 Å². The maximum absolute atomic E-state index is 12.8. The summed E-state index contributed by atoms with van der Waals surface area (Å²) in [4.78, 5) is 26.2. The van der Waals surface area contributed by atoms with Crippen LogP contribution in [0.3, 0.4) is 0 Å². The van der Waals surface area contributed by atoms with Crippen LogP contribution < -0.4 is 5.32 Å². The Morgan fingerprint density at radius 2 is 1.79 bits per heavy atom. The summed E-state index contributed by atoms with van der Waals surface area (Å²) in [6.07, 6.45) is 4.96. The van der Waals surface area contributed by atoms with Crippen molar-refractivity contribution in [3.05, 3.63) is 102 Å². The number of nitrogens with one attached hydrogen (secondary N) is 1. The van der Waals surface area contributed by atoms with Crippen molar-refractivity contribution in [1.29, 1.82) is 0 Å². The Morgan fingerprint density at radius 1 is 1.03 bits per heavy atom. The molecule has 0 saturated heterocycles. The highest BCUT2D eigenvalue weighted by Gasteiger charge is 2.22. The molecule has 4 aromatic rings. The van der Waals surface area contributed by atoms with E-state index in [1.54, 1.807) is 6.20 Å². The second kappa shape index (κ2) is 10.4. The fourth-order valence-corrected chi connectivity index (χ4v) is 3.83. The van der Waals surface area contributed by atoms with Crippen LogP contribution in [0.4, 0.5) is 0 Å². The van der Waals surface area contributed by atoms with Crippen LogP contribution in [0, 0.1) is 0 Å². The zero-order chi connectivity index (χ0) is 23.2. The van der Waals surface area contributed by atoms with Gasteiger partial charge in [-0.05, 0) is 30.5 Å². The second-order valence-corrected chi connectivity index (χ2v) is 8.21. The van der Waals surface area contributed by atoms with Gasteiger partial charge in [-0.2, -0.15) is 0 Å².